The maximum Gasteiger partial charge on any atom is 0.417 e. The molecule has 2 atom stereocenters. The number of hydrogen-bond acceptors (Lipinski definition) is 13. The summed E-state index contributed by atoms with van der Waals surface area (Å²) in [6.45, 7) is 12.4. The Balaban J connectivity index is 0.000000303. The fraction of sp³-hybridized carbons (Fsp3) is 0.571. The second kappa shape index (κ2) is 25.4. The Morgan fingerprint density at radius 2 is 1.14 bits per heavy atom. The smallest absolute Gasteiger partial charge is 0.417 e. The van der Waals surface area contributed by atoms with E-state index in [0.717, 1.165) is 21.4 Å². The zero-order valence-corrected chi connectivity index (χ0v) is 41.9. The lowest BCUT2D eigenvalue weighted by Crippen LogP contribution is -2.53. The fourth-order valence-corrected chi connectivity index (χ4v) is 8.24. The predicted molar refractivity (Wildman–Crippen MR) is 258 cm³/mol. The molecule has 20 heteroatoms. The van der Waals surface area contributed by atoms with E-state index in [-0.39, 0.29) is 68.8 Å². The van der Waals surface area contributed by atoms with Crippen molar-refractivity contribution in [2.75, 3.05) is 38.7 Å². The summed E-state index contributed by atoms with van der Waals surface area (Å²) in [5.74, 6) is -1.58. The van der Waals surface area contributed by atoms with E-state index in [4.69, 9.17) is 18.9 Å². The van der Waals surface area contributed by atoms with Crippen LogP contribution in [0.3, 0.4) is 0 Å². The molecular weight excluding hydrogens is 913 g/mol. The Bertz CT molecular complexity index is 2210. The highest BCUT2D eigenvalue weighted by Crippen LogP contribution is 2.24. The number of ketones is 1. The van der Waals surface area contributed by atoms with Crippen LogP contribution in [0.1, 0.15) is 104 Å². The summed E-state index contributed by atoms with van der Waals surface area (Å²) >= 11 is 0. The van der Waals surface area contributed by atoms with E-state index >= 15 is 0 Å². The minimum atomic E-state index is -2.37. The molecule has 7 amide bonds. The molecular formula is C49H70N6O13S. The van der Waals surface area contributed by atoms with Crippen LogP contribution in [0.25, 0.3) is 0 Å². The van der Waals surface area contributed by atoms with E-state index in [0.29, 0.717) is 51.9 Å². The largest absolute Gasteiger partial charge is 0.445 e. The molecule has 380 valence electrons. The van der Waals surface area contributed by atoms with E-state index in [2.05, 4.69) is 16.0 Å². The van der Waals surface area contributed by atoms with Gasteiger partial charge in [-0.15, -0.1) is 0 Å². The van der Waals surface area contributed by atoms with Gasteiger partial charge in [-0.2, -0.15) is 0 Å². The number of likely N-dealkylation sites (tertiary alicyclic amines) is 3. The third-order valence-electron chi connectivity index (χ3n) is 10.8. The van der Waals surface area contributed by atoms with E-state index in [1.54, 1.807) is 51.3 Å². The molecule has 3 saturated heterocycles. The number of imide groups is 1. The zero-order chi connectivity index (χ0) is 50.9. The third kappa shape index (κ3) is 20.1. The lowest BCUT2D eigenvalue weighted by molar-refractivity contribution is -0.135. The molecule has 0 aliphatic carbocycles. The monoisotopic (exact) mass is 982 g/mol. The maximum absolute atomic E-state index is 13.0. The van der Waals surface area contributed by atoms with Crippen LogP contribution in [0.5, 0.6) is 0 Å². The van der Waals surface area contributed by atoms with Gasteiger partial charge in [0.15, 0.2) is 5.78 Å². The summed E-state index contributed by atoms with van der Waals surface area (Å²) in [4.78, 5) is 104. The number of rotatable bonds is 13. The second-order valence-corrected chi connectivity index (χ2v) is 22.4. The van der Waals surface area contributed by atoms with Gasteiger partial charge >= 0.3 is 24.4 Å². The molecule has 3 heterocycles. The van der Waals surface area contributed by atoms with Crippen molar-refractivity contribution in [1.82, 2.24) is 30.7 Å². The Morgan fingerprint density at radius 3 is 1.59 bits per heavy atom. The number of carbonyl (C=O) groups excluding carboxylic acids is 8. The molecule has 0 spiro atoms. The van der Waals surface area contributed by atoms with Gasteiger partial charge in [0.2, 0.25) is 17.7 Å². The van der Waals surface area contributed by atoms with Crippen LogP contribution >= 0.6 is 0 Å². The molecule has 3 fully saturated rings. The average molecular weight is 983 g/mol. The van der Waals surface area contributed by atoms with Crippen LogP contribution in [0, 0.1) is 0 Å². The number of carbonyl (C=O) groups is 8. The number of benzene rings is 2. The third-order valence-corrected chi connectivity index (χ3v) is 11.6. The van der Waals surface area contributed by atoms with Crippen LogP contribution in [0.2, 0.25) is 0 Å². The molecule has 0 aromatic heterocycles. The minimum Gasteiger partial charge on any atom is -0.445 e. The quantitative estimate of drug-likeness (QED) is 0.170. The van der Waals surface area contributed by atoms with Crippen molar-refractivity contribution in [3.63, 3.8) is 0 Å². The predicted octanol–water partition coefficient (Wildman–Crippen LogP) is 5.32. The molecule has 3 N–H and O–H groups in total. The molecule has 3 aliphatic heterocycles. The number of amides is 7. The molecule has 2 aromatic carbocycles. The Labute approximate surface area is 405 Å². The maximum atomic E-state index is 13.0. The van der Waals surface area contributed by atoms with Crippen LogP contribution in [0.4, 0.5) is 19.2 Å². The molecule has 5 rings (SSSR count). The first-order valence-electron chi connectivity index (χ1n) is 23.2. The van der Waals surface area contributed by atoms with Crippen molar-refractivity contribution >= 4 is 62.8 Å². The van der Waals surface area contributed by atoms with Crippen LogP contribution in [0.15, 0.2) is 60.7 Å². The van der Waals surface area contributed by atoms with Crippen LogP contribution in [-0.4, -0.2) is 146 Å². The second-order valence-electron chi connectivity index (χ2n) is 19.5. The van der Waals surface area contributed by atoms with E-state index < -0.39 is 62.9 Å². The van der Waals surface area contributed by atoms with Gasteiger partial charge in [-0.05, 0) is 101 Å². The molecule has 0 bridgehead atoms. The van der Waals surface area contributed by atoms with E-state index in [9.17, 15) is 42.6 Å². The number of nitrogens with one attached hydrogen (secondary N) is 3. The molecule has 19 nitrogen and oxygen atoms in total. The molecule has 0 radical (unpaired) electrons. The normalized spacial score (nSPS) is 17.3. The fourth-order valence-electron chi connectivity index (χ4n) is 7.49. The lowest BCUT2D eigenvalue weighted by atomic mass is 10.0. The molecule has 0 saturated carbocycles. The van der Waals surface area contributed by atoms with Crippen LogP contribution < -0.4 is 16.0 Å². The summed E-state index contributed by atoms with van der Waals surface area (Å²) in [7, 11) is -2.37. The van der Waals surface area contributed by atoms with Crippen molar-refractivity contribution in [2.24, 2.45) is 0 Å². The SMILES string of the molecule is CC(C)(C)OC(=O)N1C(=O)CC[C@H]1C(=O)NC1CCN(C(=O)OCc2ccccc2)CC1.CC(C)(C)OC(=O)N[C@@H](CCC(=O)C=S(C)(C)=O)C(=O)NC1CCN(C(=O)OCc2ccccc2)CC1. The summed E-state index contributed by atoms with van der Waals surface area (Å²) < 4.78 is 33.2. The molecule has 69 heavy (non-hydrogen) atoms. The van der Waals surface area contributed by atoms with Gasteiger partial charge in [0.25, 0.3) is 0 Å². The molecule has 2 aromatic rings. The summed E-state index contributed by atoms with van der Waals surface area (Å²) in [6.07, 6.45) is 3.11. The number of piperidine rings is 2. The van der Waals surface area contributed by atoms with E-state index in [1.165, 1.54) is 12.5 Å². The molecule has 3 aliphatic rings. The Morgan fingerprint density at radius 1 is 0.681 bits per heavy atom. The van der Waals surface area contributed by atoms with Crippen molar-refractivity contribution in [3.8, 4) is 0 Å². The summed E-state index contributed by atoms with van der Waals surface area (Å²) in [5.41, 5.74) is 0.302. The van der Waals surface area contributed by atoms with Gasteiger partial charge in [0.05, 0.1) is 0 Å². The first kappa shape index (κ1) is 55.4. The van der Waals surface area contributed by atoms with Crippen molar-refractivity contribution in [3.05, 3.63) is 71.8 Å². The standard InChI is InChI=1S/C26H39N3O7S.C23H31N3O6/c1-26(2,3)36-24(32)28-22(12-11-21(30)18-37(4,5)34)23(31)27-20-13-15-29(16-14-20)25(33)35-17-19-9-7-6-8-10-19;1-23(2,3)32-22(30)26-18(9-10-19(26)27)20(28)24-17-11-13-25(14-12-17)21(29)31-15-16-7-5-4-6-8-16/h6-10,18,20,22H,11-17H2,1-5H3,(H,27,31)(H,28,32);4-8,17-18H,9-15H2,1-3H3,(H,24,28)/t22-;18-/m00/s1. The zero-order valence-electron chi connectivity index (χ0n) is 41.1. The first-order valence-corrected chi connectivity index (χ1v) is 25.7. The number of Topliss-reactive ketones (excluding diaryl/α,β-unsaturated/α-hetero) is 1. The highest BCUT2D eigenvalue weighted by atomic mass is 32.2. The van der Waals surface area contributed by atoms with Crippen LogP contribution in [-0.2, 0) is 60.9 Å². The minimum absolute atomic E-state index is 0.0284. The van der Waals surface area contributed by atoms with Gasteiger partial charge in [0, 0.05) is 69.0 Å². The average Bonchev–Trinajstić information content (AvgIpc) is 3.67. The van der Waals surface area contributed by atoms with Gasteiger partial charge in [-0.3, -0.25) is 23.4 Å². The number of ether oxygens (including phenoxy) is 4. The lowest BCUT2D eigenvalue weighted by Gasteiger charge is -2.33. The van der Waals surface area contributed by atoms with Gasteiger partial charge in [-0.25, -0.2) is 24.1 Å². The summed E-state index contributed by atoms with van der Waals surface area (Å²) in [6, 6.07) is 16.6. The van der Waals surface area contributed by atoms with Crippen molar-refractivity contribution in [1.29, 1.82) is 0 Å². The van der Waals surface area contributed by atoms with Gasteiger partial charge in [0.1, 0.15) is 36.5 Å². The van der Waals surface area contributed by atoms with Crippen molar-refractivity contribution in [2.45, 2.75) is 141 Å². The topological polar surface area (TPSA) is 236 Å². The highest BCUT2D eigenvalue weighted by molar-refractivity contribution is 8.01. The van der Waals surface area contributed by atoms with Crippen molar-refractivity contribution < 1.29 is 61.5 Å². The molecule has 0 unspecified atom stereocenters. The Kier molecular flexibility index (Phi) is 20.4. The summed E-state index contributed by atoms with van der Waals surface area (Å²) in [5, 5.41) is 9.54. The highest BCUT2D eigenvalue weighted by Gasteiger charge is 2.43. The number of hydrogen-bond donors (Lipinski definition) is 3. The van der Waals surface area contributed by atoms with Gasteiger partial charge in [-0.1, -0.05) is 60.7 Å². The van der Waals surface area contributed by atoms with E-state index in [1.807, 2.05) is 60.7 Å². The van der Waals surface area contributed by atoms with Gasteiger partial charge < -0.3 is 44.7 Å². The number of alkyl carbamates (subject to hydrolysis) is 1. The Hall–Kier alpha value is -6.18. The number of nitrogens with zero attached hydrogens (tertiary/aromatic N) is 3. The first-order chi connectivity index (χ1) is 32.4.